The van der Waals surface area contributed by atoms with Crippen molar-refractivity contribution >= 4 is 28.2 Å². The number of hydrogen-bond donors (Lipinski definition) is 0. The third kappa shape index (κ3) is 2.51. The van der Waals surface area contributed by atoms with Gasteiger partial charge in [-0.25, -0.2) is 4.98 Å². The van der Waals surface area contributed by atoms with Crippen molar-refractivity contribution in [2.24, 2.45) is 0 Å². The number of ketones is 1. The maximum Gasteiger partial charge on any atom is 0.183 e. The van der Waals surface area contributed by atoms with Gasteiger partial charge in [-0.2, -0.15) is 0 Å². The normalized spacial score (nSPS) is 11.2. The van der Waals surface area contributed by atoms with E-state index in [9.17, 15) is 4.79 Å². The zero-order chi connectivity index (χ0) is 15.1. The van der Waals surface area contributed by atoms with Crippen LogP contribution in [0.4, 0.5) is 0 Å². The van der Waals surface area contributed by atoms with Crippen LogP contribution in [0.3, 0.4) is 0 Å². The number of imidazole rings is 1. The van der Waals surface area contributed by atoms with Gasteiger partial charge in [-0.15, -0.1) is 11.3 Å². The molecular weight excluding hydrogens is 280 g/mol. The van der Waals surface area contributed by atoms with Crippen molar-refractivity contribution in [3.8, 4) is 0 Å². The van der Waals surface area contributed by atoms with Gasteiger partial charge < -0.3 is 4.57 Å². The van der Waals surface area contributed by atoms with Crippen molar-refractivity contribution in [1.29, 1.82) is 0 Å². The molecule has 0 amide bonds. The summed E-state index contributed by atoms with van der Waals surface area (Å²) in [6, 6.07) is 6.17. The SMILES string of the molecule is Cc1cc(C(=O)Cn2cnc3cc(C)c(C)cc32)c(C)s1. The molecule has 4 heteroatoms. The third-order valence-corrected chi connectivity index (χ3v) is 4.86. The molecule has 0 atom stereocenters. The number of carbonyl (C=O) groups excluding carboxylic acids is 1. The first kappa shape index (κ1) is 14.0. The Morgan fingerprint density at radius 1 is 1.14 bits per heavy atom. The smallest absolute Gasteiger partial charge is 0.183 e. The Labute approximate surface area is 128 Å². The molecule has 0 saturated heterocycles. The maximum absolute atomic E-state index is 12.5. The molecule has 2 aromatic heterocycles. The van der Waals surface area contributed by atoms with Gasteiger partial charge in [-0.3, -0.25) is 4.79 Å². The van der Waals surface area contributed by atoms with E-state index in [1.807, 2.05) is 24.5 Å². The number of aryl methyl sites for hydroxylation is 4. The van der Waals surface area contributed by atoms with E-state index in [4.69, 9.17) is 0 Å². The molecular formula is C17H18N2OS. The number of benzene rings is 1. The van der Waals surface area contributed by atoms with Crippen LogP contribution >= 0.6 is 11.3 Å². The van der Waals surface area contributed by atoms with Gasteiger partial charge in [0.25, 0.3) is 0 Å². The quantitative estimate of drug-likeness (QED) is 0.679. The largest absolute Gasteiger partial charge is 0.323 e. The number of aromatic nitrogens is 2. The van der Waals surface area contributed by atoms with Gasteiger partial charge in [-0.1, -0.05) is 0 Å². The highest BCUT2D eigenvalue weighted by molar-refractivity contribution is 7.12. The van der Waals surface area contributed by atoms with E-state index in [-0.39, 0.29) is 5.78 Å². The Balaban J connectivity index is 1.97. The maximum atomic E-state index is 12.5. The van der Waals surface area contributed by atoms with Crippen LogP contribution in [0, 0.1) is 27.7 Å². The summed E-state index contributed by atoms with van der Waals surface area (Å²) in [5, 5.41) is 0. The molecule has 3 nitrogen and oxygen atoms in total. The summed E-state index contributed by atoms with van der Waals surface area (Å²) < 4.78 is 1.94. The fraction of sp³-hybridized carbons (Fsp3) is 0.294. The van der Waals surface area contributed by atoms with Crippen molar-refractivity contribution in [2.45, 2.75) is 34.2 Å². The van der Waals surface area contributed by atoms with Gasteiger partial charge in [0.1, 0.15) is 0 Å². The monoisotopic (exact) mass is 298 g/mol. The highest BCUT2D eigenvalue weighted by Gasteiger charge is 2.14. The van der Waals surface area contributed by atoms with E-state index >= 15 is 0 Å². The Morgan fingerprint density at radius 3 is 2.52 bits per heavy atom. The van der Waals surface area contributed by atoms with Crippen LogP contribution in [0.2, 0.25) is 0 Å². The molecule has 0 bridgehead atoms. The van der Waals surface area contributed by atoms with E-state index in [0.29, 0.717) is 6.54 Å². The minimum atomic E-state index is 0.148. The molecule has 0 aliphatic heterocycles. The predicted molar refractivity (Wildman–Crippen MR) is 87.3 cm³/mol. The summed E-state index contributed by atoms with van der Waals surface area (Å²) in [5.74, 6) is 0.148. The van der Waals surface area contributed by atoms with Crippen LogP contribution in [0.15, 0.2) is 24.5 Å². The molecule has 2 heterocycles. The summed E-state index contributed by atoms with van der Waals surface area (Å²) in [6.07, 6.45) is 1.76. The molecule has 0 aliphatic rings. The molecule has 1 aromatic carbocycles. The Hall–Kier alpha value is -1.94. The van der Waals surface area contributed by atoms with Crippen LogP contribution in [0.1, 0.15) is 31.2 Å². The van der Waals surface area contributed by atoms with Gasteiger partial charge in [0.05, 0.1) is 23.9 Å². The van der Waals surface area contributed by atoms with Crippen molar-refractivity contribution < 1.29 is 4.79 Å². The van der Waals surface area contributed by atoms with E-state index in [0.717, 1.165) is 21.5 Å². The van der Waals surface area contributed by atoms with Crippen molar-refractivity contribution in [3.05, 3.63) is 51.0 Å². The average Bonchev–Trinajstić information content (AvgIpc) is 2.94. The number of Topliss-reactive ketones (excluding diaryl/α,β-unsaturated/α-hetero) is 1. The fourth-order valence-electron chi connectivity index (χ4n) is 2.59. The molecule has 0 aliphatic carbocycles. The molecule has 3 aromatic rings. The first-order chi connectivity index (χ1) is 9.95. The van der Waals surface area contributed by atoms with Gasteiger partial charge >= 0.3 is 0 Å². The van der Waals surface area contributed by atoms with Crippen molar-refractivity contribution in [1.82, 2.24) is 9.55 Å². The van der Waals surface area contributed by atoms with Gasteiger partial charge in [-0.05, 0) is 57.0 Å². The molecule has 0 spiro atoms. The zero-order valence-corrected chi connectivity index (χ0v) is 13.5. The molecule has 0 unspecified atom stereocenters. The molecule has 108 valence electrons. The van der Waals surface area contributed by atoms with Crippen LogP contribution < -0.4 is 0 Å². The van der Waals surface area contributed by atoms with Crippen molar-refractivity contribution in [3.63, 3.8) is 0 Å². The molecule has 0 N–H and O–H groups in total. The van der Waals surface area contributed by atoms with Crippen LogP contribution in [0.25, 0.3) is 11.0 Å². The highest BCUT2D eigenvalue weighted by atomic mass is 32.1. The second-order valence-electron chi connectivity index (χ2n) is 5.55. The first-order valence-corrected chi connectivity index (χ1v) is 7.79. The van der Waals surface area contributed by atoms with E-state index in [1.165, 1.54) is 16.0 Å². The number of hydrogen-bond acceptors (Lipinski definition) is 3. The Morgan fingerprint density at radius 2 is 1.86 bits per heavy atom. The van der Waals surface area contributed by atoms with E-state index < -0.39 is 0 Å². The number of carbonyl (C=O) groups is 1. The minimum absolute atomic E-state index is 0.148. The van der Waals surface area contributed by atoms with Crippen LogP contribution in [0.5, 0.6) is 0 Å². The lowest BCUT2D eigenvalue weighted by Crippen LogP contribution is -2.09. The Kier molecular flexibility index (Phi) is 3.41. The zero-order valence-electron chi connectivity index (χ0n) is 12.7. The highest BCUT2D eigenvalue weighted by Crippen LogP contribution is 2.23. The van der Waals surface area contributed by atoms with Crippen LogP contribution in [-0.2, 0) is 6.54 Å². The van der Waals surface area contributed by atoms with Crippen molar-refractivity contribution in [2.75, 3.05) is 0 Å². The molecule has 0 radical (unpaired) electrons. The summed E-state index contributed by atoms with van der Waals surface area (Å²) in [7, 11) is 0. The number of nitrogens with zero attached hydrogens (tertiary/aromatic N) is 2. The Bertz CT molecular complexity index is 842. The lowest BCUT2D eigenvalue weighted by molar-refractivity contribution is 0.0973. The molecule has 3 rings (SSSR count). The van der Waals surface area contributed by atoms with E-state index in [1.54, 1.807) is 17.7 Å². The average molecular weight is 298 g/mol. The minimum Gasteiger partial charge on any atom is -0.323 e. The summed E-state index contributed by atoms with van der Waals surface area (Å²) >= 11 is 1.67. The molecule has 0 saturated carbocycles. The number of rotatable bonds is 3. The summed E-state index contributed by atoms with van der Waals surface area (Å²) in [5.41, 5.74) is 5.26. The van der Waals surface area contributed by atoms with Gasteiger partial charge in [0.15, 0.2) is 5.78 Å². The van der Waals surface area contributed by atoms with Gasteiger partial charge in [0.2, 0.25) is 0 Å². The number of thiophene rings is 1. The number of fused-ring (bicyclic) bond motifs is 1. The summed E-state index contributed by atoms with van der Waals surface area (Å²) in [6.45, 7) is 8.55. The second-order valence-corrected chi connectivity index (χ2v) is 7.01. The van der Waals surface area contributed by atoms with Gasteiger partial charge in [0, 0.05) is 15.3 Å². The summed E-state index contributed by atoms with van der Waals surface area (Å²) in [4.78, 5) is 19.2. The topological polar surface area (TPSA) is 34.9 Å². The fourth-order valence-corrected chi connectivity index (χ4v) is 3.53. The lowest BCUT2D eigenvalue weighted by atomic mass is 10.1. The molecule has 0 fully saturated rings. The second kappa shape index (κ2) is 5.11. The van der Waals surface area contributed by atoms with E-state index in [2.05, 4.69) is 31.0 Å². The molecule has 21 heavy (non-hydrogen) atoms. The first-order valence-electron chi connectivity index (χ1n) is 6.98. The standard InChI is InChI=1S/C17H18N2OS/c1-10-5-15-16(6-11(10)2)19(9-18-15)8-17(20)14-7-12(3)21-13(14)4/h5-7,9H,8H2,1-4H3. The predicted octanol–water partition coefficient (Wildman–Crippen LogP) is 4.21. The lowest BCUT2D eigenvalue weighted by Gasteiger charge is -2.05. The van der Waals surface area contributed by atoms with Crippen LogP contribution in [-0.4, -0.2) is 15.3 Å². The third-order valence-electron chi connectivity index (χ3n) is 3.89.